The van der Waals surface area contributed by atoms with E-state index in [0.717, 1.165) is 0 Å². The molecule has 1 aromatic heterocycles. The van der Waals surface area contributed by atoms with Gasteiger partial charge in [0, 0.05) is 30.6 Å². The number of hydrogen-bond donors (Lipinski definition) is 1. The van der Waals surface area contributed by atoms with Gasteiger partial charge in [-0.2, -0.15) is 0 Å². The van der Waals surface area contributed by atoms with Gasteiger partial charge in [-0.15, -0.1) is 0 Å². The first-order valence-corrected chi connectivity index (χ1v) is 5.64. The molecule has 0 amide bonds. The Labute approximate surface area is 96.5 Å². The van der Waals surface area contributed by atoms with Crippen LogP contribution in [0, 0.1) is 6.92 Å². The van der Waals surface area contributed by atoms with Gasteiger partial charge >= 0.3 is 0 Å². The maximum Gasteiger partial charge on any atom is 0.0631 e. The lowest BCUT2D eigenvalue weighted by molar-refractivity contribution is 0.0810. The number of aryl methyl sites for hydroxylation is 2. The molecule has 1 aromatic carbocycles. The van der Waals surface area contributed by atoms with Gasteiger partial charge < -0.3 is 9.67 Å². The standard InChI is InChI=1S/C14H19NO/c1-10-9-15(4)13-7-11(5-6-12(10)13)8-14(2,3)16/h5-7,9,16H,8H2,1-4H3. The number of hydrogen-bond acceptors (Lipinski definition) is 1. The molecule has 0 atom stereocenters. The summed E-state index contributed by atoms with van der Waals surface area (Å²) >= 11 is 0. The summed E-state index contributed by atoms with van der Waals surface area (Å²) in [5.41, 5.74) is 3.07. The zero-order valence-electron chi connectivity index (χ0n) is 10.4. The third kappa shape index (κ3) is 2.12. The smallest absolute Gasteiger partial charge is 0.0631 e. The van der Waals surface area contributed by atoms with Crippen molar-refractivity contribution in [1.82, 2.24) is 4.57 Å². The molecule has 0 saturated heterocycles. The van der Waals surface area contributed by atoms with Crippen molar-refractivity contribution < 1.29 is 5.11 Å². The Bertz CT molecular complexity index is 517. The average molecular weight is 217 g/mol. The maximum absolute atomic E-state index is 9.81. The van der Waals surface area contributed by atoms with Gasteiger partial charge in [-0.3, -0.25) is 0 Å². The lowest BCUT2D eigenvalue weighted by Crippen LogP contribution is -2.21. The Balaban J connectivity index is 2.48. The minimum Gasteiger partial charge on any atom is -0.390 e. The molecule has 86 valence electrons. The van der Waals surface area contributed by atoms with E-state index in [0.29, 0.717) is 6.42 Å². The summed E-state index contributed by atoms with van der Waals surface area (Å²) in [6, 6.07) is 6.42. The second-order valence-corrected chi connectivity index (χ2v) is 5.26. The van der Waals surface area contributed by atoms with E-state index >= 15 is 0 Å². The van der Waals surface area contributed by atoms with Crippen LogP contribution in [0.3, 0.4) is 0 Å². The summed E-state index contributed by atoms with van der Waals surface area (Å²) in [5, 5.41) is 11.1. The molecule has 16 heavy (non-hydrogen) atoms. The molecule has 0 radical (unpaired) electrons. The second-order valence-electron chi connectivity index (χ2n) is 5.26. The highest BCUT2D eigenvalue weighted by Crippen LogP contribution is 2.23. The van der Waals surface area contributed by atoms with E-state index in [9.17, 15) is 5.11 Å². The Morgan fingerprint density at radius 2 is 2.00 bits per heavy atom. The van der Waals surface area contributed by atoms with Crippen molar-refractivity contribution in [2.45, 2.75) is 32.8 Å². The van der Waals surface area contributed by atoms with Crippen LogP contribution in [0.4, 0.5) is 0 Å². The summed E-state index contributed by atoms with van der Waals surface area (Å²) in [6.45, 7) is 5.80. The van der Waals surface area contributed by atoms with Crippen LogP contribution in [0.15, 0.2) is 24.4 Å². The van der Waals surface area contributed by atoms with Gasteiger partial charge in [0.1, 0.15) is 0 Å². The van der Waals surface area contributed by atoms with Crippen LogP contribution < -0.4 is 0 Å². The average Bonchev–Trinajstić information content (AvgIpc) is 2.40. The molecule has 0 fully saturated rings. The Kier molecular flexibility index (Phi) is 2.55. The van der Waals surface area contributed by atoms with Crippen LogP contribution >= 0.6 is 0 Å². The Hall–Kier alpha value is -1.28. The molecule has 0 aliphatic heterocycles. The number of nitrogens with zero attached hydrogens (tertiary/aromatic N) is 1. The maximum atomic E-state index is 9.81. The van der Waals surface area contributed by atoms with Crippen LogP contribution in [0.2, 0.25) is 0 Å². The molecule has 0 saturated carbocycles. The lowest BCUT2D eigenvalue weighted by atomic mass is 9.98. The van der Waals surface area contributed by atoms with Crippen LogP contribution in [-0.2, 0) is 13.5 Å². The SMILES string of the molecule is Cc1cn(C)c2cc(CC(C)(C)O)ccc12. The van der Waals surface area contributed by atoms with Crippen LogP contribution in [0.1, 0.15) is 25.0 Å². The molecule has 2 heteroatoms. The van der Waals surface area contributed by atoms with Gasteiger partial charge in [-0.05, 0) is 38.0 Å². The number of fused-ring (bicyclic) bond motifs is 1. The highest BCUT2D eigenvalue weighted by molar-refractivity contribution is 5.84. The molecule has 2 rings (SSSR count). The van der Waals surface area contributed by atoms with E-state index < -0.39 is 5.60 Å². The van der Waals surface area contributed by atoms with Gasteiger partial charge in [0.2, 0.25) is 0 Å². The minimum absolute atomic E-state index is 0.645. The molecule has 2 nitrogen and oxygen atoms in total. The molecule has 1 heterocycles. The van der Waals surface area contributed by atoms with Crippen molar-refractivity contribution >= 4 is 10.9 Å². The second kappa shape index (κ2) is 3.63. The molecule has 0 aliphatic carbocycles. The molecule has 2 aromatic rings. The normalized spacial score (nSPS) is 12.3. The summed E-state index contributed by atoms with van der Waals surface area (Å²) in [7, 11) is 2.06. The van der Waals surface area contributed by atoms with Crippen molar-refractivity contribution in [3.8, 4) is 0 Å². The molecular weight excluding hydrogens is 198 g/mol. The summed E-state index contributed by atoms with van der Waals surface area (Å²) in [5.74, 6) is 0. The van der Waals surface area contributed by atoms with Crippen LogP contribution in [-0.4, -0.2) is 15.3 Å². The first-order chi connectivity index (χ1) is 7.37. The fraction of sp³-hybridized carbons (Fsp3) is 0.429. The highest BCUT2D eigenvalue weighted by Gasteiger charge is 2.14. The first kappa shape index (κ1) is 11.2. The fourth-order valence-electron chi connectivity index (χ4n) is 2.24. The molecule has 0 spiro atoms. The van der Waals surface area contributed by atoms with Gasteiger partial charge in [0.25, 0.3) is 0 Å². The van der Waals surface area contributed by atoms with Gasteiger partial charge in [0.05, 0.1) is 5.60 Å². The predicted octanol–water partition coefficient (Wildman–Crippen LogP) is 2.80. The zero-order valence-corrected chi connectivity index (χ0v) is 10.4. The third-order valence-electron chi connectivity index (χ3n) is 2.89. The third-order valence-corrected chi connectivity index (χ3v) is 2.89. The summed E-state index contributed by atoms with van der Waals surface area (Å²) in [4.78, 5) is 0. The fourth-order valence-corrected chi connectivity index (χ4v) is 2.24. The van der Waals surface area contributed by atoms with Gasteiger partial charge in [-0.25, -0.2) is 0 Å². The molecule has 0 unspecified atom stereocenters. The Morgan fingerprint density at radius 3 is 2.62 bits per heavy atom. The summed E-state index contributed by atoms with van der Waals surface area (Å²) < 4.78 is 2.14. The van der Waals surface area contributed by atoms with Gasteiger partial charge in [0.15, 0.2) is 0 Å². The van der Waals surface area contributed by atoms with Crippen LogP contribution in [0.5, 0.6) is 0 Å². The van der Waals surface area contributed by atoms with E-state index in [1.165, 1.54) is 22.0 Å². The quantitative estimate of drug-likeness (QED) is 0.822. The largest absolute Gasteiger partial charge is 0.390 e. The number of rotatable bonds is 2. The molecule has 1 N–H and O–H groups in total. The van der Waals surface area contributed by atoms with E-state index in [1.54, 1.807) is 0 Å². The zero-order chi connectivity index (χ0) is 11.9. The van der Waals surface area contributed by atoms with Crippen molar-refractivity contribution in [3.05, 3.63) is 35.5 Å². The van der Waals surface area contributed by atoms with E-state index in [2.05, 4.69) is 42.9 Å². The number of aliphatic hydroxyl groups is 1. The monoisotopic (exact) mass is 217 g/mol. The van der Waals surface area contributed by atoms with E-state index in [4.69, 9.17) is 0 Å². The lowest BCUT2D eigenvalue weighted by Gasteiger charge is -2.17. The van der Waals surface area contributed by atoms with Crippen molar-refractivity contribution in [1.29, 1.82) is 0 Å². The Morgan fingerprint density at radius 1 is 1.31 bits per heavy atom. The van der Waals surface area contributed by atoms with Crippen molar-refractivity contribution in [2.24, 2.45) is 7.05 Å². The van der Waals surface area contributed by atoms with Gasteiger partial charge in [-0.1, -0.05) is 12.1 Å². The number of aromatic nitrogens is 1. The van der Waals surface area contributed by atoms with E-state index in [-0.39, 0.29) is 0 Å². The van der Waals surface area contributed by atoms with Crippen molar-refractivity contribution in [3.63, 3.8) is 0 Å². The molecule has 0 aliphatic rings. The number of benzene rings is 1. The summed E-state index contributed by atoms with van der Waals surface area (Å²) in [6.07, 6.45) is 2.83. The highest BCUT2D eigenvalue weighted by atomic mass is 16.3. The van der Waals surface area contributed by atoms with Crippen LogP contribution in [0.25, 0.3) is 10.9 Å². The molecule has 0 bridgehead atoms. The minimum atomic E-state index is -0.645. The topological polar surface area (TPSA) is 25.2 Å². The molecular formula is C14H19NO. The first-order valence-electron chi connectivity index (χ1n) is 5.64. The van der Waals surface area contributed by atoms with Crippen molar-refractivity contribution in [2.75, 3.05) is 0 Å². The predicted molar refractivity (Wildman–Crippen MR) is 67.7 cm³/mol. The van der Waals surface area contributed by atoms with E-state index in [1.807, 2.05) is 13.8 Å².